The lowest BCUT2D eigenvalue weighted by Gasteiger charge is -2.19. The summed E-state index contributed by atoms with van der Waals surface area (Å²) in [6.07, 6.45) is 2.49. The second-order valence-electron chi connectivity index (χ2n) is 3.53. The topological polar surface area (TPSA) is 16.1 Å². The van der Waals surface area contributed by atoms with Crippen molar-refractivity contribution in [2.45, 2.75) is 31.7 Å². The van der Waals surface area contributed by atoms with E-state index >= 15 is 0 Å². The Kier molecular flexibility index (Phi) is 3.20. The SMILES string of the molecule is CC1CCCN1c1nc(Cl)c(CCl)s1. The summed E-state index contributed by atoms with van der Waals surface area (Å²) >= 11 is 13.3. The van der Waals surface area contributed by atoms with E-state index in [2.05, 4.69) is 16.8 Å². The highest BCUT2D eigenvalue weighted by Crippen LogP contribution is 2.34. The molecule has 2 rings (SSSR count). The van der Waals surface area contributed by atoms with Gasteiger partial charge in [0.15, 0.2) is 5.13 Å². The minimum atomic E-state index is 0.457. The van der Waals surface area contributed by atoms with Gasteiger partial charge in [0, 0.05) is 12.6 Å². The zero-order valence-corrected chi connectivity index (χ0v) is 10.3. The quantitative estimate of drug-likeness (QED) is 0.747. The van der Waals surface area contributed by atoms with Crippen molar-refractivity contribution in [1.82, 2.24) is 4.98 Å². The summed E-state index contributed by atoms with van der Waals surface area (Å²) in [6, 6.07) is 0.584. The lowest BCUT2D eigenvalue weighted by molar-refractivity contribution is 0.733. The second-order valence-corrected chi connectivity index (χ2v) is 5.22. The van der Waals surface area contributed by atoms with E-state index in [1.165, 1.54) is 12.8 Å². The van der Waals surface area contributed by atoms with Crippen LogP contribution in [-0.4, -0.2) is 17.6 Å². The molecule has 1 fully saturated rings. The molecule has 1 saturated heterocycles. The van der Waals surface area contributed by atoms with E-state index in [0.717, 1.165) is 16.6 Å². The summed E-state index contributed by atoms with van der Waals surface area (Å²) in [7, 11) is 0. The highest BCUT2D eigenvalue weighted by molar-refractivity contribution is 7.16. The largest absolute Gasteiger partial charge is 0.345 e. The van der Waals surface area contributed by atoms with Crippen molar-refractivity contribution in [3.63, 3.8) is 0 Å². The van der Waals surface area contributed by atoms with Gasteiger partial charge in [-0.05, 0) is 19.8 Å². The van der Waals surface area contributed by atoms with E-state index < -0.39 is 0 Å². The first-order chi connectivity index (χ1) is 6.72. The highest BCUT2D eigenvalue weighted by atomic mass is 35.5. The van der Waals surface area contributed by atoms with Gasteiger partial charge in [-0.2, -0.15) is 0 Å². The molecule has 0 radical (unpaired) electrons. The van der Waals surface area contributed by atoms with Gasteiger partial charge in [0.2, 0.25) is 0 Å². The molecule has 0 saturated carbocycles. The van der Waals surface area contributed by atoms with Gasteiger partial charge in [-0.3, -0.25) is 0 Å². The maximum atomic E-state index is 5.96. The number of anilines is 1. The van der Waals surface area contributed by atoms with Crippen LogP contribution in [0.25, 0.3) is 0 Å². The first-order valence-electron chi connectivity index (χ1n) is 4.70. The molecule has 0 N–H and O–H groups in total. The van der Waals surface area contributed by atoms with Gasteiger partial charge < -0.3 is 4.90 Å². The Morgan fingerprint density at radius 1 is 1.64 bits per heavy atom. The standard InChI is InChI=1S/C9H12Cl2N2S/c1-6-3-2-4-13(6)9-12-8(11)7(5-10)14-9/h6H,2-5H2,1H3. The van der Waals surface area contributed by atoms with Crippen molar-refractivity contribution in [2.24, 2.45) is 0 Å². The Morgan fingerprint density at radius 2 is 2.43 bits per heavy atom. The molecule has 1 aromatic heterocycles. The van der Waals surface area contributed by atoms with Crippen LogP contribution in [0.1, 0.15) is 24.6 Å². The molecule has 0 bridgehead atoms. The molecule has 2 heterocycles. The third kappa shape index (κ3) is 1.86. The van der Waals surface area contributed by atoms with Crippen LogP contribution in [0.4, 0.5) is 5.13 Å². The maximum absolute atomic E-state index is 5.96. The Balaban J connectivity index is 2.23. The van der Waals surface area contributed by atoms with Gasteiger partial charge in [-0.1, -0.05) is 22.9 Å². The number of nitrogens with zero attached hydrogens (tertiary/aromatic N) is 2. The van der Waals surface area contributed by atoms with Gasteiger partial charge >= 0.3 is 0 Å². The van der Waals surface area contributed by atoms with Crippen LogP contribution >= 0.6 is 34.5 Å². The molecular weight excluding hydrogens is 239 g/mol. The predicted octanol–water partition coefficient (Wildman–Crippen LogP) is 3.52. The van der Waals surface area contributed by atoms with Gasteiger partial charge in [-0.15, -0.1) is 11.6 Å². The minimum Gasteiger partial charge on any atom is -0.345 e. The molecule has 14 heavy (non-hydrogen) atoms. The Bertz CT molecular complexity index is 327. The molecule has 0 amide bonds. The van der Waals surface area contributed by atoms with Crippen molar-refractivity contribution in [3.8, 4) is 0 Å². The fraction of sp³-hybridized carbons (Fsp3) is 0.667. The smallest absolute Gasteiger partial charge is 0.187 e. The molecule has 1 aliphatic heterocycles. The molecule has 2 nitrogen and oxygen atoms in total. The third-order valence-corrected chi connectivity index (χ3v) is 4.50. The molecule has 0 aromatic carbocycles. The predicted molar refractivity (Wildman–Crippen MR) is 62.7 cm³/mol. The molecule has 1 atom stereocenters. The zero-order valence-electron chi connectivity index (χ0n) is 7.96. The molecule has 5 heteroatoms. The molecule has 1 unspecified atom stereocenters. The number of aromatic nitrogens is 1. The summed E-state index contributed by atoms with van der Waals surface area (Å²) in [6.45, 7) is 3.31. The number of halogens is 2. The van der Waals surface area contributed by atoms with Crippen LogP contribution in [0.5, 0.6) is 0 Å². The van der Waals surface area contributed by atoms with Crippen molar-refractivity contribution in [1.29, 1.82) is 0 Å². The van der Waals surface area contributed by atoms with Gasteiger partial charge in [-0.25, -0.2) is 4.98 Å². The zero-order chi connectivity index (χ0) is 10.1. The van der Waals surface area contributed by atoms with Crippen LogP contribution in [0.15, 0.2) is 0 Å². The van der Waals surface area contributed by atoms with Crippen molar-refractivity contribution in [3.05, 3.63) is 10.0 Å². The first kappa shape index (κ1) is 10.5. The summed E-state index contributed by atoms with van der Waals surface area (Å²) in [5.74, 6) is 0.457. The molecule has 1 aromatic rings. The van der Waals surface area contributed by atoms with Crippen molar-refractivity contribution < 1.29 is 0 Å². The van der Waals surface area contributed by atoms with Gasteiger partial charge in [0.1, 0.15) is 5.15 Å². The summed E-state index contributed by atoms with van der Waals surface area (Å²) in [5.41, 5.74) is 0. The Morgan fingerprint density at radius 3 is 2.93 bits per heavy atom. The lowest BCUT2D eigenvalue weighted by Crippen LogP contribution is -2.25. The molecule has 0 aliphatic carbocycles. The lowest BCUT2D eigenvalue weighted by atomic mass is 10.2. The number of rotatable bonds is 2. The molecule has 0 spiro atoms. The Hall–Kier alpha value is 0.01000. The summed E-state index contributed by atoms with van der Waals surface area (Å²) in [5, 5.41) is 1.59. The van der Waals surface area contributed by atoms with E-state index in [1.54, 1.807) is 11.3 Å². The van der Waals surface area contributed by atoms with Crippen LogP contribution < -0.4 is 4.90 Å². The summed E-state index contributed by atoms with van der Waals surface area (Å²) in [4.78, 5) is 7.63. The van der Waals surface area contributed by atoms with E-state index in [9.17, 15) is 0 Å². The Labute approximate surface area is 97.8 Å². The number of thiazole rings is 1. The van der Waals surface area contributed by atoms with Crippen LogP contribution in [0.3, 0.4) is 0 Å². The van der Waals surface area contributed by atoms with Crippen molar-refractivity contribution >= 4 is 39.7 Å². The normalized spacial score (nSPS) is 21.9. The van der Waals surface area contributed by atoms with Gasteiger partial charge in [0.25, 0.3) is 0 Å². The number of hydrogen-bond donors (Lipinski definition) is 0. The molecule has 1 aliphatic rings. The summed E-state index contributed by atoms with van der Waals surface area (Å²) < 4.78 is 0. The highest BCUT2D eigenvalue weighted by Gasteiger charge is 2.24. The first-order valence-corrected chi connectivity index (χ1v) is 6.43. The monoisotopic (exact) mass is 250 g/mol. The van der Waals surface area contributed by atoms with Crippen molar-refractivity contribution in [2.75, 3.05) is 11.4 Å². The minimum absolute atomic E-state index is 0.457. The fourth-order valence-corrected chi connectivity index (χ4v) is 3.35. The average Bonchev–Trinajstić information content (AvgIpc) is 2.71. The average molecular weight is 251 g/mol. The van der Waals surface area contributed by atoms with E-state index in [4.69, 9.17) is 23.2 Å². The molecular formula is C9H12Cl2N2S. The number of hydrogen-bond acceptors (Lipinski definition) is 3. The molecule has 78 valence electrons. The third-order valence-electron chi connectivity index (χ3n) is 2.56. The maximum Gasteiger partial charge on any atom is 0.187 e. The number of alkyl halides is 1. The van der Waals surface area contributed by atoms with Gasteiger partial charge in [0.05, 0.1) is 10.8 Å². The van der Waals surface area contributed by atoms with Crippen LogP contribution in [0.2, 0.25) is 5.15 Å². The van der Waals surface area contributed by atoms with E-state index in [0.29, 0.717) is 17.1 Å². The van der Waals surface area contributed by atoms with E-state index in [1.807, 2.05) is 0 Å². The van der Waals surface area contributed by atoms with Crippen LogP contribution in [-0.2, 0) is 5.88 Å². The van der Waals surface area contributed by atoms with Crippen LogP contribution in [0, 0.1) is 0 Å². The second kappa shape index (κ2) is 4.25. The van der Waals surface area contributed by atoms with E-state index in [-0.39, 0.29) is 0 Å². The fourth-order valence-electron chi connectivity index (χ4n) is 1.74.